The van der Waals surface area contributed by atoms with Crippen LogP contribution in [0.25, 0.3) is 0 Å². The number of benzene rings is 1. The van der Waals surface area contributed by atoms with Gasteiger partial charge >= 0.3 is 11.9 Å². The van der Waals surface area contributed by atoms with E-state index < -0.39 is 11.9 Å². The van der Waals surface area contributed by atoms with Crippen LogP contribution in [0, 0.1) is 0 Å². The number of amides is 2. The summed E-state index contributed by atoms with van der Waals surface area (Å²) in [6.45, 7) is 10.6. The molecule has 3 rings (SSSR count). The highest BCUT2D eigenvalue weighted by Crippen LogP contribution is 2.67. The Bertz CT molecular complexity index is 1110. The molecule has 0 bridgehead atoms. The van der Waals surface area contributed by atoms with Crippen LogP contribution in [-0.2, 0) is 28.7 Å². The Morgan fingerprint density at radius 2 is 1.00 bits per heavy atom. The van der Waals surface area contributed by atoms with Crippen LogP contribution < -0.4 is 10.6 Å². The molecule has 0 spiro atoms. The van der Waals surface area contributed by atoms with Crippen LogP contribution in [0.3, 0.4) is 0 Å². The first-order valence-electron chi connectivity index (χ1n) is 11.5. The molecular weight excluding hydrogens is 541 g/mol. The van der Waals surface area contributed by atoms with Gasteiger partial charge in [0.15, 0.2) is 5.57 Å². The zero-order valence-electron chi connectivity index (χ0n) is 20.9. The topological polar surface area (TPSA) is 111 Å². The van der Waals surface area contributed by atoms with Gasteiger partial charge < -0.3 is 20.1 Å². The molecule has 36 heavy (non-hydrogen) atoms. The molecule has 12 heteroatoms. The van der Waals surface area contributed by atoms with Gasteiger partial charge in [-0.2, -0.15) is 0 Å². The lowest BCUT2D eigenvalue weighted by Crippen LogP contribution is -2.19. The minimum atomic E-state index is -0.780. The summed E-state index contributed by atoms with van der Waals surface area (Å²) in [6.07, 6.45) is 1.78. The van der Waals surface area contributed by atoms with E-state index in [9.17, 15) is 19.2 Å². The summed E-state index contributed by atoms with van der Waals surface area (Å²) in [5.41, 5.74) is 2.28. The molecule has 194 valence electrons. The van der Waals surface area contributed by atoms with Gasteiger partial charge in [-0.3, -0.25) is 9.59 Å². The molecule has 0 aliphatic carbocycles. The van der Waals surface area contributed by atoms with Gasteiger partial charge in [0.05, 0.1) is 48.4 Å². The van der Waals surface area contributed by atoms with Crippen molar-refractivity contribution in [3.63, 3.8) is 0 Å². The Hall–Kier alpha value is -2.02. The predicted octanol–water partition coefficient (Wildman–Crippen LogP) is 6.37. The zero-order chi connectivity index (χ0) is 26.6. The third-order valence-corrected chi connectivity index (χ3v) is 10.4. The lowest BCUT2D eigenvalue weighted by molar-refractivity contribution is -0.146. The second-order valence-corrected chi connectivity index (χ2v) is 12.1. The van der Waals surface area contributed by atoms with E-state index in [0.717, 1.165) is 26.9 Å². The summed E-state index contributed by atoms with van der Waals surface area (Å²) in [5, 5.41) is 5.90. The molecule has 0 radical (unpaired) electrons. The summed E-state index contributed by atoms with van der Waals surface area (Å²) in [5.74, 6) is -2.06. The third kappa shape index (κ3) is 5.92. The Balaban J connectivity index is 2.27. The SMILES string of the molecule is CCOC(=O)C(C(=O)OCC)=C1Sc2c(NC(C)=O)c3c(c(NC(C)=O)c2S1)SC(=C(CC)CC)S3. The number of fused-ring (bicyclic) bond motifs is 2. The molecule has 2 aliphatic heterocycles. The van der Waals surface area contributed by atoms with Crippen molar-refractivity contribution in [1.29, 1.82) is 0 Å². The molecule has 0 fully saturated rings. The van der Waals surface area contributed by atoms with E-state index in [1.54, 1.807) is 37.4 Å². The molecule has 0 saturated heterocycles. The van der Waals surface area contributed by atoms with E-state index in [4.69, 9.17) is 9.47 Å². The Morgan fingerprint density at radius 3 is 1.31 bits per heavy atom. The van der Waals surface area contributed by atoms with Gasteiger partial charge in [0.25, 0.3) is 0 Å². The molecule has 0 aromatic heterocycles. The molecule has 0 unspecified atom stereocenters. The van der Waals surface area contributed by atoms with Gasteiger partial charge in [-0.15, -0.1) is 0 Å². The average Bonchev–Trinajstić information content (AvgIpc) is 3.42. The number of allylic oxidation sites excluding steroid dienone is 1. The van der Waals surface area contributed by atoms with Crippen molar-refractivity contribution >= 4 is 82.2 Å². The highest BCUT2D eigenvalue weighted by molar-refractivity contribution is 8.26. The number of carbonyl (C=O) groups is 4. The maximum atomic E-state index is 12.7. The number of ether oxygens (including phenoxy) is 2. The number of carbonyl (C=O) groups excluding carboxylic acids is 4. The smallest absolute Gasteiger partial charge is 0.347 e. The van der Waals surface area contributed by atoms with Gasteiger partial charge in [0.1, 0.15) is 0 Å². The van der Waals surface area contributed by atoms with Crippen LogP contribution in [0.5, 0.6) is 0 Å². The predicted molar refractivity (Wildman–Crippen MR) is 146 cm³/mol. The number of hydrogen-bond acceptors (Lipinski definition) is 10. The number of rotatable bonds is 8. The van der Waals surface area contributed by atoms with E-state index in [2.05, 4.69) is 24.5 Å². The molecule has 0 atom stereocenters. The van der Waals surface area contributed by atoms with Crippen LogP contribution in [0.2, 0.25) is 0 Å². The zero-order valence-corrected chi connectivity index (χ0v) is 24.2. The van der Waals surface area contributed by atoms with Crippen LogP contribution in [0.1, 0.15) is 54.4 Å². The van der Waals surface area contributed by atoms with E-state index in [1.807, 2.05) is 0 Å². The fourth-order valence-corrected chi connectivity index (χ4v) is 9.39. The number of hydrogen-bond donors (Lipinski definition) is 2. The quantitative estimate of drug-likeness (QED) is 0.121. The molecule has 0 saturated carbocycles. The first-order chi connectivity index (χ1) is 17.2. The van der Waals surface area contributed by atoms with Crippen LogP contribution >= 0.6 is 47.0 Å². The third-order valence-electron chi connectivity index (χ3n) is 5.01. The normalized spacial score (nSPS) is 13.6. The first kappa shape index (κ1) is 28.5. The molecule has 8 nitrogen and oxygen atoms in total. The van der Waals surface area contributed by atoms with Crippen molar-refractivity contribution in [2.75, 3.05) is 23.8 Å². The number of anilines is 2. The summed E-state index contributed by atoms with van der Waals surface area (Å²) < 4.78 is 11.8. The van der Waals surface area contributed by atoms with Gasteiger partial charge in [-0.05, 0) is 26.7 Å². The summed E-state index contributed by atoms with van der Waals surface area (Å²) in [7, 11) is 0. The Morgan fingerprint density at radius 1 is 0.639 bits per heavy atom. The number of thioether (sulfide) groups is 4. The van der Waals surface area contributed by atoms with Crippen LogP contribution in [-0.4, -0.2) is 37.0 Å². The Labute approximate surface area is 227 Å². The second kappa shape index (κ2) is 12.5. The largest absolute Gasteiger partial charge is 0.462 e. The minimum absolute atomic E-state index is 0.0967. The fraction of sp³-hybridized carbons (Fsp3) is 0.417. The molecular formula is C24H28N2O6S4. The average molecular weight is 569 g/mol. The van der Waals surface area contributed by atoms with Crippen molar-refractivity contribution in [2.24, 2.45) is 0 Å². The molecule has 2 N–H and O–H groups in total. The Kier molecular flexibility index (Phi) is 9.90. The van der Waals surface area contributed by atoms with Crippen LogP contribution in [0.15, 0.2) is 39.2 Å². The van der Waals surface area contributed by atoms with Gasteiger partial charge in [0, 0.05) is 18.1 Å². The van der Waals surface area contributed by atoms with Crippen molar-refractivity contribution in [3.8, 4) is 0 Å². The number of esters is 2. The maximum Gasteiger partial charge on any atom is 0.347 e. The second-order valence-electron chi connectivity index (χ2n) is 7.54. The highest BCUT2D eigenvalue weighted by Gasteiger charge is 2.39. The van der Waals surface area contributed by atoms with E-state index in [1.165, 1.54) is 42.9 Å². The van der Waals surface area contributed by atoms with Crippen molar-refractivity contribution < 1.29 is 28.7 Å². The van der Waals surface area contributed by atoms with Crippen LogP contribution in [0.4, 0.5) is 11.4 Å². The molecule has 2 amide bonds. The summed E-state index contributed by atoms with van der Waals surface area (Å²) >= 11 is 5.50. The first-order valence-corrected chi connectivity index (χ1v) is 14.7. The highest BCUT2D eigenvalue weighted by atomic mass is 32.2. The molecule has 1 aromatic rings. The summed E-state index contributed by atoms with van der Waals surface area (Å²) in [4.78, 5) is 52.9. The maximum absolute atomic E-state index is 12.7. The van der Waals surface area contributed by atoms with Gasteiger partial charge in [-0.25, -0.2) is 9.59 Å². The summed E-state index contributed by atoms with van der Waals surface area (Å²) in [6, 6.07) is 0. The molecule has 1 aromatic carbocycles. The fourth-order valence-electron chi connectivity index (χ4n) is 3.48. The standard InChI is InChI=1S/C24H28N2O6S4/c1-7-13(8-2)23-33-17-15(25-11(5)27)19-20(16(18(17)34-23)26-12(6)28)36-24(35-19)14(21(29)31-9-3)22(30)32-10-4/h7-10H2,1-6H3,(H,25,27)(H,26,28). The van der Waals surface area contributed by atoms with Gasteiger partial charge in [0.2, 0.25) is 11.8 Å². The van der Waals surface area contributed by atoms with Gasteiger partial charge in [-0.1, -0.05) is 66.5 Å². The number of nitrogens with one attached hydrogen (secondary N) is 2. The van der Waals surface area contributed by atoms with E-state index in [-0.39, 0.29) is 30.6 Å². The lowest BCUT2D eigenvalue weighted by Gasteiger charge is -2.17. The molecule has 2 heterocycles. The minimum Gasteiger partial charge on any atom is -0.462 e. The lowest BCUT2D eigenvalue weighted by atomic mass is 10.2. The van der Waals surface area contributed by atoms with E-state index >= 15 is 0 Å². The van der Waals surface area contributed by atoms with E-state index in [0.29, 0.717) is 25.4 Å². The van der Waals surface area contributed by atoms with Crippen molar-refractivity contribution in [1.82, 2.24) is 0 Å². The van der Waals surface area contributed by atoms with Crippen molar-refractivity contribution in [3.05, 3.63) is 19.6 Å². The molecule has 2 aliphatic rings. The monoisotopic (exact) mass is 568 g/mol. The van der Waals surface area contributed by atoms with Crippen molar-refractivity contribution in [2.45, 2.75) is 74.0 Å².